The maximum absolute atomic E-state index is 9.75. The van der Waals surface area contributed by atoms with Crippen LogP contribution in [0.5, 0.6) is 5.75 Å². The molecule has 0 aliphatic rings. The monoisotopic (exact) mass is 233 g/mol. The fourth-order valence-electron chi connectivity index (χ4n) is 1.87. The molecule has 0 saturated heterocycles. The highest BCUT2D eigenvalue weighted by Gasteiger charge is 2.07. The molecule has 0 bridgehead atoms. The molecule has 4 nitrogen and oxygen atoms in total. The van der Waals surface area contributed by atoms with Crippen molar-refractivity contribution in [2.24, 2.45) is 0 Å². The van der Waals surface area contributed by atoms with Gasteiger partial charge in [0, 0.05) is 31.2 Å². The average Bonchev–Trinajstić information content (AvgIpc) is 2.32. The Morgan fingerprint density at radius 3 is 2.35 bits per heavy atom. The maximum Gasteiger partial charge on any atom is 0.141 e. The smallest absolute Gasteiger partial charge is 0.141 e. The van der Waals surface area contributed by atoms with Crippen LogP contribution in [0, 0.1) is 0 Å². The zero-order valence-corrected chi connectivity index (χ0v) is 9.93. The van der Waals surface area contributed by atoms with Crippen molar-refractivity contribution in [2.75, 3.05) is 14.2 Å². The number of rotatable bonds is 4. The van der Waals surface area contributed by atoms with E-state index < -0.39 is 0 Å². The normalized spacial score (nSPS) is 10.9. The second kappa shape index (κ2) is 5.12. The van der Waals surface area contributed by atoms with Crippen LogP contribution >= 0.6 is 0 Å². The Hall–Kier alpha value is -1.65. The topological polar surface area (TPSA) is 51.6 Å². The van der Waals surface area contributed by atoms with Gasteiger partial charge in [0.15, 0.2) is 0 Å². The van der Waals surface area contributed by atoms with Crippen molar-refractivity contribution in [1.82, 2.24) is 4.98 Å². The van der Waals surface area contributed by atoms with Crippen LogP contribution in [0.1, 0.15) is 11.1 Å². The molecule has 2 rings (SSSR count). The van der Waals surface area contributed by atoms with Gasteiger partial charge in [0.05, 0.1) is 19.4 Å². The molecule has 0 amide bonds. The van der Waals surface area contributed by atoms with Crippen molar-refractivity contribution >= 4 is 10.8 Å². The number of benzene rings is 1. The van der Waals surface area contributed by atoms with Crippen molar-refractivity contribution in [3.8, 4) is 5.75 Å². The number of ether oxygens (including phenoxy) is 2. The molecular formula is C13H15NO3. The summed E-state index contributed by atoms with van der Waals surface area (Å²) in [6.07, 6.45) is 3.17. The lowest BCUT2D eigenvalue weighted by Crippen LogP contribution is -1.98. The standard InChI is InChI=1S/C13H15NO3/c1-16-7-10-3-9-5-14-6-13(15)12(9)4-11(10)8-17-2/h3-6,15H,7-8H2,1-2H3. The molecule has 1 aromatic heterocycles. The van der Waals surface area contributed by atoms with Crippen LogP contribution in [0.4, 0.5) is 0 Å². The Kier molecular flexibility index (Phi) is 3.56. The fourth-order valence-corrected chi connectivity index (χ4v) is 1.87. The summed E-state index contributed by atoms with van der Waals surface area (Å²) in [5.74, 6) is 0.184. The molecular weight excluding hydrogens is 218 g/mol. The third-order valence-electron chi connectivity index (χ3n) is 2.66. The third kappa shape index (κ3) is 2.38. The molecule has 0 radical (unpaired) electrons. The molecule has 90 valence electrons. The number of nitrogens with zero attached hydrogens (tertiary/aromatic N) is 1. The zero-order valence-electron chi connectivity index (χ0n) is 9.93. The van der Waals surface area contributed by atoms with Gasteiger partial charge >= 0.3 is 0 Å². The first kappa shape index (κ1) is 11.8. The van der Waals surface area contributed by atoms with Gasteiger partial charge in [0.1, 0.15) is 5.75 Å². The molecule has 0 fully saturated rings. The van der Waals surface area contributed by atoms with E-state index in [0.717, 1.165) is 21.9 Å². The van der Waals surface area contributed by atoms with Crippen LogP contribution in [0.15, 0.2) is 24.5 Å². The number of aromatic hydroxyl groups is 1. The predicted molar refractivity (Wildman–Crippen MR) is 64.8 cm³/mol. The predicted octanol–water partition coefficient (Wildman–Crippen LogP) is 2.23. The van der Waals surface area contributed by atoms with Gasteiger partial charge in [0.25, 0.3) is 0 Å². The SMILES string of the molecule is COCc1cc2cncc(O)c2cc1COC. The van der Waals surface area contributed by atoms with Crippen LogP contribution in [0.2, 0.25) is 0 Å². The van der Waals surface area contributed by atoms with Gasteiger partial charge in [-0.2, -0.15) is 0 Å². The van der Waals surface area contributed by atoms with E-state index in [4.69, 9.17) is 9.47 Å². The van der Waals surface area contributed by atoms with Crippen molar-refractivity contribution in [2.45, 2.75) is 13.2 Å². The van der Waals surface area contributed by atoms with Crippen LogP contribution < -0.4 is 0 Å². The van der Waals surface area contributed by atoms with Gasteiger partial charge in [-0.05, 0) is 23.3 Å². The van der Waals surface area contributed by atoms with Gasteiger partial charge in [-0.3, -0.25) is 4.98 Å². The molecule has 0 atom stereocenters. The number of methoxy groups -OCH3 is 2. The summed E-state index contributed by atoms with van der Waals surface area (Å²) in [5.41, 5.74) is 2.07. The highest BCUT2D eigenvalue weighted by molar-refractivity contribution is 5.88. The molecule has 4 heteroatoms. The summed E-state index contributed by atoms with van der Waals surface area (Å²) in [5, 5.41) is 11.4. The quantitative estimate of drug-likeness (QED) is 0.879. The zero-order chi connectivity index (χ0) is 12.3. The van der Waals surface area contributed by atoms with Crippen molar-refractivity contribution in [3.63, 3.8) is 0 Å². The Balaban J connectivity index is 2.59. The Morgan fingerprint density at radius 2 is 1.71 bits per heavy atom. The van der Waals surface area contributed by atoms with Gasteiger partial charge in [-0.25, -0.2) is 0 Å². The minimum Gasteiger partial charge on any atom is -0.506 e. The molecule has 1 aromatic carbocycles. The first-order valence-electron chi connectivity index (χ1n) is 5.32. The largest absolute Gasteiger partial charge is 0.506 e. The first-order chi connectivity index (χ1) is 8.26. The molecule has 1 N–H and O–H groups in total. The number of aromatic nitrogens is 1. The summed E-state index contributed by atoms with van der Waals surface area (Å²) in [7, 11) is 3.30. The van der Waals surface area contributed by atoms with E-state index >= 15 is 0 Å². The average molecular weight is 233 g/mol. The second-order valence-electron chi connectivity index (χ2n) is 3.87. The molecule has 1 heterocycles. The summed E-state index contributed by atoms with van der Waals surface area (Å²) in [6.45, 7) is 1.01. The number of hydrogen-bond donors (Lipinski definition) is 1. The Morgan fingerprint density at radius 1 is 1.06 bits per heavy atom. The highest BCUT2D eigenvalue weighted by Crippen LogP contribution is 2.27. The van der Waals surface area contributed by atoms with Crippen LogP contribution in [-0.4, -0.2) is 24.3 Å². The number of hydrogen-bond acceptors (Lipinski definition) is 4. The lowest BCUT2D eigenvalue weighted by atomic mass is 10.0. The molecule has 0 saturated carbocycles. The highest BCUT2D eigenvalue weighted by atomic mass is 16.5. The third-order valence-corrected chi connectivity index (χ3v) is 2.66. The summed E-state index contributed by atoms with van der Waals surface area (Å²) >= 11 is 0. The van der Waals surface area contributed by atoms with E-state index in [2.05, 4.69) is 4.98 Å². The molecule has 17 heavy (non-hydrogen) atoms. The van der Waals surface area contributed by atoms with E-state index in [0.29, 0.717) is 13.2 Å². The van der Waals surface area contributed by atoms with Gasteiger partial charge in [-0.1, -0.05) is 0 Å². The lowest BCUT2D eigenvalue weighted by Gasteiger charge is -2.10. The number of pyridine rings is 1. The minimum absolute atomic E-state index is 0.184. The summed E-state index contributed by atoms with van der Waals surface area (Å²) < 4.78 is 10.3. The number of fused-ring (bicyclic) bond motifs is 1. The van der Waals surface area contributed by atoms with Crippen molar-refractivity contribution in [1.29, 1.82) is 0 Å². The summed E-state index contributed by atoms with van der Waals surface area (Å²) in [4.78, 5) is 3.97. The van der Waals surface area contributed by atoms with E-state index in [1.165, 1.54) is 6.20 Å². The minimum atomic E-state index is 0.184. The van der Waals surface area contributed by atoms with Crippen LogP contribution in [-0.2, 0) is 22.7 Å². The van der Waals surface area contributed by atoms with E-state index in [9.17, 15) is 5.11 Å². The fraction of sp³-hybridized carbons (Fsp3) is 0.308. The lowest BCUT2D eigenvalue weighted by molar-refractivity contribution is 0.168. The van der Waals surface area contributed by atoms with Crippen LogP contribution in [0.3, 0.4) is 0 Å². The molecule has 0 unspecified atom stereocenters. The first-order valence-corrected chi connectivity index (χ1v) is 5.32. The maximum atomic E-state index is 9.75. The Bertz CT molecular complexity index is 525. The molecule has 0 spiro atoms. The van der Waals surface area contributed by atoms with Crippen molar-refractivity contribution in [3.05, 3.63) is 35.7 Å². The Labute approximate surface area is 99.8 Å². The van der Waals surface area contributed by atoms with Gasteiger partial charge in [-0.15, -0.1) is 0 Å². The second-order valence-corrected chi connectivity index (χ2v) is 3.87. The molecule has 2 aromatic rings. The van der Waals surface area contributed by atoms with E-state index in [1.54, 1.807) is 20.4 Å². The summed E-state index contributed by atoms with van der Waals surface area (Å²) in [6, 6.07) is 3.89. The molecule has 0 aliphatic carbocycles. The van der Waals surface area contributed by atoms with Crippen LogP contribution in [0.25, 0.3) is 10.8 Å². The van der Waals surface area contributed by atoms with E-state index in [1.807, 2.05) is 12.1 Å². The van der Waals surface area contributed by atoms with Gasteiger partial charge < -0.3 is 14.6 Å². The van der Waals surface area contributed by atoms with Crippen molar-refractivity contribution < 1.29 is 14.6 Å². The van der Waals surface area contributed by atoms with E-state index in [-0.39, 0.29) is 5.75 Å². The molecule has 0 aliphatic heterocycles. The van der Waals surface area contributed by atoms with Gasteiger partial charge in [0.2, 0.25) is 0 Å².